The van der Waals surface area contributed by atoms with Crippen molar-refractivity contribution in [2.75, 3.05) is 0 Å². The number of hydrogen-bond acceptors (Lipinski definition) is 6. The Morgan fingerprint density at radius 3 is 0.500 bits per heavy atom. The zero-order valence-corrected chi connectivity index (χ0v) is 9.15. The van der Waals surface area contributed by atoms with Crippen LogP contribution in [0.4, 0.5) is 0 Å². The molecule has 0 radical (unpaired) electrons. The fraction of sp³-hybridized carbons (Fsp3) is 0.500. The number of nitriles is 6. The smallest absolute Gasteiger partial charge is 0.0806 e. The summed E-state index contributed by atoms with van der Waals surface area (Å²) in [5.41, 5.74) is 0. The third-order valence-electron chi connectivity index (χ3n) is 3.22. The molecular weight excluding hydrogens is 228 g/mol. The molecule has 1 aliphatic rings. The van der Waals surface area contributed by atoms with E-state index in [0.29, 0.717) is 0 Å². The monoisotopic (exact) mass is 234 g/mol. The Labute approximate surface area is 104 Å². The van der Waals surface area contributed by atoms with Crippen molar-refractivity contribution in [3.05, 3.63) is 0 Å². The molecule has 1 saturated carbocycles. The first kappa shape index (κ1) is 13.0. The molecule has 0 aromatic heterocycles. The fourth-order valence-corrected chi connectivity index (χ4v) is 2.30. The lowest BCUT2D eigenvalue weighted by Crippen LogP contribution is -2.43. The van der Waals surface area contributed by atoms with E-state index in [-0.39, 0.29) is 0 Å². The van der Waals surface area contributed by atoms with Gasteiger partial charge in [0, 0.05) is 0 Å². The normalized spacial score (nSPS) is 37.7. The summed E-state index contributed by atoms with van der Waals surface area (Å²) in [6.45, 7) is 0. The highest BCUT2D eigenvalue weighted by atomic mass is 14.6. The minimum Gasteiger partial charge on any atom is -0.198 e. The summed E-state index contributed by atoms with van der Waals surface area (Å²) < 4.78 is 0. The Morgan fingerprint density at radius 1 is 0.333 bits per heavy atom. The molecule has 0 heterocycles. The fourth-order valence-electron chi connectivity index (χ4n) is 2.30. The van der Waals surface area contributed by atoms with Crippen molar-refractivity contribution in [3.8, 4) is 36.4 Å². The largest absolute Gasteiger partial charge is 0.198 e. The van der Waals surface area contributed by atoms with Crippen molar-refractivity contribution >= 4 is 0 Å². The van der Waals surface area contributed by atoms with Crippen LogP contribution in [0.1, 0.15) is 0 Å². The van der Waals surface area contributed by atoms with Crippen molar-refractivity contribution in [2.45, 2.75) is 0 Å². The van der Waals surface area contributed by atoms with Crippen LogP contribution in [0.5, 0.6) is 0 Å². The molecule has 0 atom stereocenters. The Kier molecular flexibility index (Phi) is 3.85. The Hall–Kier alpha value is -3.06. The maximum atomic E-state index is 9.03. The van der Waals surface area contributed by atoms with Crippen molar-refractivity contribution in [3.63, 3.8) is 0 Å². The van der Waals surface area contributed by atoms with Gasteiger partial charge in [0.2, 0.25) is 0 Å². The van der Waals surface area contributed by atoms with Gasteiger partial charge in [-0.25, -0.2) is 0 Å². The van der Waals surface area contributed by atoms with Gasteiger partial charge >= 0.3 is 0 Å². The lowest BCUT2D eigenvalue weighted by atomic mass is 9.59. The highest BCUT2D eigenvalue weighted by Crippen LogP contribution is 2.44. The second-order valence-electron chi connectivity index (χ2n) is 3.93. The first-order valence-corrected chi connectivity index (χ1v) is 5.07. The van der Waals surface area contributed by atoms with Crippen LogP contribution in [0.2, 0.25) is 0 Å². The van der Waals surface area contributed by atoms with E-state index in [9.17, 15) is 0 Å². The third kappa shape index (κ3) is 1.70. The van der Waals surface area contributed by atoms with Crippen LogP contribution >= 0.6 is 0 Å². The van der Waals surface area contributed by atoms with E-state index in [2.05, 4.69) is 0 Å². The van der Waals surface area contributed by atoms with Crippen molar-refractivity contribution in [1.82, 2.24) is 0 Å². The molecule has 0 aromatic rings. The molecule has 6 heteroatoms. The van der Waals surface area contributed by atoms with Gasteiger partial charge < -0.3 is 0 Å². The molecule has 84 valence electrons. The third-order valence-corrected chi connectivity index (χ3v) is 3.22. The summed E-state index contributed by atoms with van der Waals surface area (Å²) in [4.78, 5) is 0. The summed E-state index contributed by atoms with van der Waals surface area (Å²) in [5.74, 6) is -6.09. The van der Waals surface area contributed by atoms with E-state index in [0.717, 1.165) is 0 Å². The zero-order valence-electron chi connectivity index (χ0n) is 9.15. The van der Waals surface area contributed by atoms with E-state index >= 15 is 0 Å². The first-order valence-electron chi connectivity index (χ1n) is 5.07. The Morgan fingerprint density at radius 2 is 0.444 bits per heavy atom. The molecule has 0 aliphatic heterocycles. The molecule has 1 rings (SSSR count). The summed E-state index contributed by atoms with van der Waals surface area (Å²) >= 11 is 0. The molecular formula is C12H6N6. The minimum atomic E-state index is -1.01. The Bertz CT molecular complexity index is 429. The van der Waals surface area contributed by atoms with Gasteiger partial charge in [-0.05, 0) is 0 Å². The number of hydrogen-bond donors (Lipinski definition) is 0. The standard InChI is InChI=1S/C12H6N6/c13-1-7-8(2-14)10(4-16)12(6-18)11(5-17)9(7)3-15/h7-12H. The van der Waals surface area contributed by atoms with Crippen LogP contribution in [0.3, 0.4) is 0 Å². The molecule has 6 nitrogen and oxygen atoms in total. The predicted molar refractivity (Wildman–Crippen MR) is 54.6 cm³/mol. The van der Waals surface area contributed by atoms with Gasteiger partial charge in [0.25, 0.3) is 0 Å². The average molecular weight is 234 g/mol. The average Bonchev–Trinajstić information content (AvgIpc) is 2.43. The molecule has 0 amide bonds. The van der Waals surface area contributed by atoms with Gasteiger partial charge in [-0.15, -0.1) is 0 Å². The van der Waals surface area contributed by atoms with Gasteiger partial charge in [-0.3, -0.25) is 0 Å². The van der Waals surface area contributed by atoms with E-state index in [1.165, 1.54) is 0 Å². The maximum absolute atomic E-state index is 9.03. The molecule has 0 N–H and O–H groups in total. The zero-order chi connectivity index (χ0) is 13.7. The summed E-state index contributed by atoms with van der Waals surface area (Å²) in [5, 5.41) is 54.2. The topological polar surface area (TPSA) is 143 Å². The van der Waals surface area contributed by atoms with Gasteiger partial charge in [-0.1, -0.05) is 0 Å². The summed E-state index contributed by atoms with van der Waals surface area (Å²) in [7, 11) is 0. The van der Waals surface area contributed by atoms with Gasteiger partial charge in [-0.2, -0.15) is 31.6 Å². The Balaban J connectivity index is 3.39. The van der Waals surface area contributed by atoms with Gasteiger partial charge in [0.1, 0.15) is 0 Å². The van der Waals surface area contributed by atoms with Gasteiger partial charge in [0.05, 0.1) is 71.9 Å². The maximum Gasteiger partial charge on any atom is 0.0806 e. The van der Waals surface area contributed by atoms with Gasteiger partial charge in [0.15, 0.2) is 0 Å². The highest BCUT2D eigenvalue weighted by molar-refractivity contribution is 5.24. The quantitative estimate of drug-likeness (QED) is 0.607. The first-order chi connectivity index (χ1) is 8.69. The van der Waals surface area contributed by atoms with Crippen molar-refractivity contribution in [2.24, 2.45) is 35.5 Å². The van der Waals surface area contributed by atoms with E-state index in [1.54, 1.807) is 0 Å². The summed E-state index contributed by atoms with van der Waals surface area (Å²) in [6, 6.07) is 10.9. The summed E-state index contributed by atoms with van der Waals surface area (Å²) in [6.07, 6.45) is 0. The molecule has 0 bridgehead atoms. The van der Waals surface area contributed by atoms with Crippen LogP contribution in [0.15, 0.2) is 0 Å². The van der Waals surface area contributed by atoms with Crippen LogP contribution < -0.4 is 0 Å². The number of rotatable bonds is 0. The number of nitrogens with zero attached hydrogens (tertiary/aromatic N) is 6. The highest BCUT2D eigenvalue weighted by Gasteiger charge is 2.52. The molecule has 18 heavy (non-hydrogen) atoms. The molecule has 0 saturated heterocycles. The molecule has 0 spiro atoms. The molecule has 1 aliphatic carbocycles. The second kappa shape index (κ2) is 5.32. The molecule has 1 fully saturated rings. The van der Waals surface area contributed by atoms with E-state index in [4.69, 9.17) is 31.6 Å². The second-order valence-corrected chi connectivity index (χ2v) is 3.93. The molecule has 0 aromatic carbocycles. The van der Waals surface area contributed by atoms with E-state index < -0.39 is 35.5 Å². The van der Waals surface area contributed by atoms with Crippen molar-refractivity contribution < 1.29 is 0 Å². The predicted octanol–water partition coefficient (Wildman–Crippen LogP) is 0.839. The van der Waals surface area contributed by atoms with Crippen LogP contribution in [-0.2, 0) is 0 Å². The lowest BCUT2D eigenvalue weighted by Gasteiger charge is -2.36. The van der Waals surface area contributed by atoms with E-state index in [1.807, 2.05) is 36.4 Å². The van der Waals surface area contributed by atoms with Crippen molar-refractivity contribution in [1.29, 1.82) is 31.6 Å². The van der Waals surface area contributed by atoms with Crippen LogP contribution in [0.25, 0.3) is 0 Å². The van der Waals surface area contributed by atoms with Crippen LogP contribution in [0, 0.1) is 103 Å². The lowest BCUT2D eigenvalue weighted by molar-refractivity contribution is 0.151. The van der Waals surface area contributed by atoms with Crippen LogP contribution in [-0.4, -0.2) is 0 Å². The minimum absolute atomic E-state index is 1.01. The molecule has 0 unspecified atom stereocenters. The SMILES string of the molecule is N#CC1C(C#N)C(C#N)C(C#N)C(C#N)C1C#N.